The number of halogens is 1. The van der Waals surface area contributed by atoms with Gasteiger partial charge in [0.2, 0.25) is 0 Å². The Balaban J connectivity index is 1.59. The Kier molecular flexibility index (Phi) is 7.91. The third-order valence-electron chi connectivity index (χ3n) is 6.40. The fourth-order valence-corrected chi connectivity index (χ4v) is 4.77. The molecule has 198 valence electrons. The number of amides is 2. The molecule has 3 aromatic carbocycles. The molecule has 1 saturated heterocycles. The standard InChI is InChI=1S/C31H29ClN4O3/c1-21-18-35(19-22(2)39-21)31(38)28(33-30(37)24-13-15-26(32)16-14-24)17-25-20-36(27-11-7-4-8-12-27)34-29(25)23-9-5-3-6-10-23/h3-17,20-22H,18-19H2,1-2H3,(H,33,37)/b28-17-/t21-,22-/m0/s1. The minimum absolute atomic E-state index is 0.119. The first kappa shape index (κ1) is 26.4. The van der Waals surface area contributed by atoms with Gasteiger partial charge in [0.1, 0.15) is 11.4 Å². The topological polar surface area (TPSA) is 76.5 Å². The molecule has 2 atom stereocenters. The second kappa shape index (κ2) is 11.7. The predicted octanol–water partition coefficient (Wildman–Crippen LogP) is 5.60. The van der Waals surface area contributed by atoms with Gasteiger partial charge < -0.3 is 15.0 Å². The molecule has 1 aliphatic heterocycles. The maximum Gasteiger partial charge on any atom is 0.270 e. The molecular formula is C31H29ClN4O3. The van der Waals surface area contributed by atoms with Crippen LogP contribution in [0.2, 0.25) is 5.02 Å². The van der Waals surface area contributed by atoms with Crippen LogP contribution >= 0.6 is 11.6 Å². The average molecular weight is 541 g/mol. The van der Waals surface area contributed by atoms with E-state index in [2.05, 4.69) is 5.32 Å². The Morgan fingerprint density at radius 2 is 1.54 bits per heavy atom. The Bertz CT molecular complexity index is 1470. The van der Waals surface area contributed by atoms with Gasteiger partial charge in [-0.2, -0.15) is 5.10 Å². The van der Waals surface area contributed by atoms with Gasteiger partial charge in [0, 0.05) is 41.0 Å². The molecule has 39 heavy (non-hydrogen) atoms. The number of hydrogen-bond acceptors (Lipinski definition) is 4. The first-order chi connectivity index (χ1) is 18.9. The van der Waals surface area contributed by atoms with Crippen molar-refractivity contribution in [1.29, 1.82) is 0 Å². The van der Waals surface area contributed by atoms with Crippen LogP contribution in [0.25, 0.3) is 23.0 Å². The van der Waals surface area contributed by atoms with E-state index in [4.69, 9.17) is 21.4 Å². The smallest absolute Gasteiger partial charge is 0.270 e. The summed E-state index contributed by atoms with van der Waals surface area (Å²) in [6.45, 7) is 4.71. The molecule has 0 spiro atoms. The van der Waals surface area contributed by atoms with Gasteiger partial charge in [0.25, 0.3) is 11.8 Å². The summed E-state index contributed by atoms with van der Waals surface area (Å²) in [6, 6.07) is 26.0. The molecule has 0 radical (unpaired) electrons. The summed E-state index contributed by atoms with van der Waals surface area (Å²) in [7, 11) is 0. The van der Waals surface area contributed by atoms with Gasteiger partial charge in [0.15, 0.2) is 0 Å². The zero-order chi connectivity index (χ0) is 27.4. The Labute approximate surface area is 232 Å². The number of benzene rings is 3. The summed E-state index contributed by atoms with van der Waals surface area (Å²) in [4.78, 5) is 28.8. The third kappa shape index (κ3) is 6.28. The van der Waals surface area contributed by atoms with E-state index < -0.39 is 5.91 Å². The number of carbonyl (C=O) groups excluding carboxylic acids is 2. The molecule has 2 heterocycles. The number of ether oxygens (including phenoxy) is 1. The van der Waals surface area contributed by atoms with Crippen LogP contribution in [0, 0.1) is 0 Å². The van der Waals surface area contributed by atoms with E-state index in [-0.39, 0.29) is 23.8 Å². The van der Waals surface area contributed by atoms with E-state index >= 15 is 0 Å². The van der Waals surface area contributed by atoms with Gasteiger partial charge in [-0.1, -0.05) is 60.1 Å². The molecule has 1 aromatic heterocycles. The number of carbonyl (C=O) groups is 2. The van der Waals surface area contributed by atoms with Crippen molar-refractivity contribution in [3.8, 4) is 16.9 Å². The highest BCUT2D eigenvalue weighted by molar-refractivity contribution is 6.30. The lowest BCUT2D eigenvalue weighted by atomic mass is 10.1. The number of nitrogens with one attached hydrogen (secondary N) is 1. The average Bonchev–Trinajstić information content (AvgIpc) is 3.37. The van der Waals surface area contributed by atoms with E-state index in [1.54, 1.807) is 39.9 Å². The number of rotatable bonds is 6. The molecule has 5 rings (SSSR count). The van der Waals surface area contributed by atoms with Crippen LogP contribution in [0.4, 0.5) is 0 Å². The van der Waals surface area contributed by atoms with Crippen molar-refractivity contribution >= 4 is 29.5 Å². The molecule has 7 nitrogen and oxygen atoms in total. The van der Waals surface area contributed by atoms with Gasteiger partial charge >= 0.3 is 0 Å². The Hall–Kier alpha value is -4.20. The summed E-state index contributed by atoms with van der Waals surface area (Å²) in [6.07, 6.45) is 3.33. The molecule has 1 aliphatic rings. The van der Waals surface area contributed by atoms with Crippen molar-refractivity contribution in [3.05, 3.63) is 113 Å². The normalized spacial score (nSPS) is 17.6. The van der Waals surface area contributed by atoms with Gasteiger partial charge in [-0.05, 0) is 56.3 Å². The van der Waals surface area contributed by atoms with Gasteiger partial charge in [0.05, 0.1) is 17.9 Å². The van der Waals surface area contributed by atoms with Crippen molar-refractivity contribution in [1.82, 2.24) is 20.0 Å². The number of aromatic nitrogens is 2. The maximum absolute atomic E-state index is 13.9. The number of morpholine rings is 1. The van der Waals surface area contributed by atoms with Crippen molar-refractivity contribution < 1.29 is 14.3 Å². The Morgan fingerprint density at radius 1 is 0.923 bits per heavy atom. The predicted molar refractivity (Wildman–Crippen MR) is 152 cm³/mol. The summed E-state index contributed by atoms with van der Waals surface area (Å²) in [5, 5.41) is 8.24. The highest BCUT2D eigenvalue weighted by atomic mass is 35.5. The highest BCUT2D eigenvalue weighted by Crippen LogP contribution is 2.26. The van der Waals surface area contributed by atoms with Crippen LogP contribution in [0.15, 0.2) is 96.8 Å². The fourth-order valence-electron chi connectivity index (χ4n) is 4.64. The van der Waals surface area contributed by atoms with Crippen LogP contribution in [0.1, 0.15) is 29.8 Å². The molecule has 0 aliphatic carbocycles. The summed E-state index contributed by atoms with van der Waals surface area (Å²) in [5.74, 6) is -0.692. The van der Waals surface area contributed by atoms with Crippen molar-refractivity contribution in [2.75, 3.05) is 13.1 Å². The van der Waals surface area contributed by atoms with Crippen LogP contribution in [-0.4, -0.2) is 51.8 Å². The molecule has 1 fully saturated rings. The van der Waals surface area contributed by atoms with E-state index in [0.717, 1.165) is 11.3 Å². The zero-order valence-corrected chi connectivity index (χ0v) is 22.5. The molecular weight excluding hydrogens is 512 g/mol. The van der Waals surface area contributed by atoms with Crippen molar-refractivity contribution in [3.63, 3.8) is 0 Å². The summed E-state index contributed by atoms with van der Waals surface area (Å²) < 4.78 is 7.60. The fraction of sp³-hybridized carbons (Fsp3) is 0.194. The monoisotopic (exact) mass is 540 g/mol. The van der Waals surface area contributed by atoms with E-state index in [1.807, 2.05) is 80.7 Å². The van der Waals surface area contributed by atoms with Crippen LogP contribution in [0.3, 0.4) is 0 Å². The van der Waals surface area contributed by atoms with Gasteiger partial charge in [-0.15, -0.1) is 0 Å². The van der Waals surface area contributed by atoms with E-state index in [1.165, 1.54) is 0 Å². The lowest BCUT2D eigenvalue weighted by Gasteiger charge is -2.35. The van der Waals surface area contributed by atoms with Gasteiger partial charge in [-0.25, -0.2) is 4.68 Å². The number of hydrogen-bond donors (Lipinski definition) is 1. The molecule has 1 N–H and O–H groups in total. The zero-order valence-electron chi connectivity index (χ0n) is 21.8. The second-order valence-corrected chi connectivity index (χ2v) is 10.0. The Morgan fingerprint density at radius 3 is 2.18 bits per heavy atom. The van der Waals surface area contributed by atoms with Crippen molar-refractivity contribution in [2.24, 2.45) is 0 Å². The molecule has 8 heteroatoms. The van der Waals surface area contributed by atoms with Crippen LogP contribution < -0.4 is 5.32 Å². The first-order valence-electron chi connectivity index (χ1n) is 12.8. The van der Waals surface area contributed by atoms with Crippen molar-refractivity contribution in [2.45, 2.75) is 26.1 Å². The molecule has 2 amide bonds. The lowest BCUT2D eigenvalue weighted by molar-refractivity contribution is -0.139. The largest absolute Gasteiger partial charge is 0.372 e. The second-order valence-electron chi connectivity index (χ2n) is 9.57. The molecule has 0 unspecified atom stereocenters. The molecule has 4 aromatic rings. The number of nitrogens with zero attached hydrogens (tertiary/aromatic N) is 3. The SMILES string of the molecule is C[C@H]1CN(C(=O)/C(=C/c2cn(-c3ccccc3)nc2-c2ccccc2)NC(=O)c2ccc(Cl)cc2)C[C@H](C)O1. The van der Waals surface area contributed by atoms with E-state index in [9.17, 15) is 9.59 Å². The maximum atomic E-state index is 13.9. The van der Waals surface area contributed by atoms with Gasteiger partial charge in [-0.3, -0.25) is 9.59 Å². The first-order valence-corrected chi connectivity index (χ1v) is 13.2. The molecule has 0 bridgehead atoms. The quantitative estimate of drug-likeness (QED) is 0.323. The minimum atomic E-state index is -0.405. The number of para-hydroxylation sites is 1. The van der Waals surface area contributed by atoms with Crippen LogP contribution in [0.5, 0.6) is 0 Å². The highest BCUT2D eigenvalue weighted by Gasteiger charge is 2.29. The summed E-state index contributed by atoms with van der Waals surface area (Å²) in [5.41, 5.74) is 3.70. The minimum Gasteiger partial charge on any atom is -0.372 e. The lowest BCUT2D eigenvalue weighted by Crippen LogP contribution is -2.50. The third-order valence-corrected chi connectivity index (χ3v) is 6.65. The van der Waals surface area contributed by atoms with E-state index in [0.29, 0.717) is 34.9 Å². The summed E-state index contributed by atoms with van der Waals surface area (Å²) >= 11 is 6.01. The van der Waals surface area contributed by atoms with Crippen LogP contribution in [-0.2, 0) is 9.53 Å². The molecule has 0 saturated carbocycles.